The van der Waals surface area contributed by atoms with Crippen molar-refractivity contribution in [3.8, 4) is 0 Å². The first-order valence-corrected chi connectivity index (χ1v) is 8.19. The summed E-state index contributed by atoms with van der Waals surface area (Å²) in [4.78, 5) is 41.6. The lowest BCUT2D eigenvalue weighted by Gasteiger charge is -2.22. The summed E-state index contributed by atoms with van der Waals surface area (Å²) in [5.41, 5.74) is 0. The Morgan fingerprint density at radius 2 is 0.947 bits per heavy atom. The molecule has 0 spiro atoms. The number of hydrogen-bond donors (Lipinski definition) is 0. The first-order valence-electron chi connectivity index (χ1n) is 5.15. The van der Waals surface area contributed by atoms with Crippen molar-refractivity contribution in [1.29, 1.82) is 0 Å². The minimum atomic E-state index is -3.49. The minimum absolute atomic E-state index is 0.184. The molecule has 0 radical (unpaired) electrons. The van der Waals surface area contributed by atoms with Gasteiger partial charge in [-0.05, 0) is 0 Å². The Morgan fingerprint density at radius 3 is 1.05 bits per heavy atom. The maximum absolute atomic E-state index is 10.7. The lowest BCUT2D eigenvalue weighted by atomic mass is 10.9. The maximum Gasteiger partial charge on any atom is 0.701 e. The standard InChI is InChI=1S/C7H12O6Si.C2H6O2Si/c1-5(8)11-14(4,12-6(2)9)13-7(3)10;1-2(3)4-5/h1-4H3;1,5H3. The number of carbonyl (C=O) groups is 4. The van der Waals surface area contributed by atoms with Crippen LogP contribution in [0.15, 0.2) is 0 Å². The van der Waals surface area contributed by atoms with Crippen LogP contribution in [0, 0.1) is 0 Å². The summed E-state index contributed by atoms with van der Waals surface area (Å²) < 4.78 is 18.3. The van der Waals surface area contributed by atoms with Crippen LogP contribution in [0.1, 0.15) is 27.7 Å². The van der Waals surface area contributed by atoms with Crippen molar-refractivity contribution in [2.75, 3.05) is 0 Å². The van der Waals surface area contributed by atoms with Gasteiger partial charge in [0.05, 0.1) is 0 Å². The van der Waals surface area contributed by atoms with Crippen LogP contribution in [-0.4, -0.2) is 43.2 Å². The number of rotatable bonds is 3. The smallest absolute Gasteiger partial charge is 0.529 e. The Kier molecular flexibility index (Phi) is 9.59. The van der Waals surface area contributed by atoms with Gasteiger partial charge in [-0.1, -0.05) is 0 Å². The second-order valence-electron chi connectivity index (χ2n) is 3.34. The molecule has 0 saturated carbocycles. The molecule has 0 saturated heterocycles. The zero-order chi connectivity index (χ0) is 15.6. The van der Waals surface area contributed by atoms with Gasteiger partial charge in [0, 0.05) is 34.2 Å². The van der Waals surface area contributed by atoms with Crippen molar-refractivity contribution in [3.63, 3.8) is 0 Å². The van der Waals surface area contributed by atoms with Gasteiger partial charge in [-0.15, -0.1) is 0 Å². The fourth-order valence-electron chi connectivity index (χ4n) is 0.846. The van der Waals surface area contributed by atoms with E-state index in [-0.39, 0.29) is 5.97 Å². The average molecular weight is 310 g/mol. The monoisotopic (exact) mass is 310 g/mol. The minimum Gasteiger partial charge on any atom is -0.529 e. The molecule has 0 bridgehead atoms. The molecule has 0 amide bonds. The predicted octanol–water partition coefficient (Wildman–Crippen LogP) is -0.926. The molecule has 0 atom stereocenters. The molecule has 0 N–H and O–H groups in total. The van der Waals surface area contributed by atoms with Crippen molar-refractivity contribution in [2.45, 2.75) is 34.2 Å². The Hall–Kier alpha value is -1.69. The normalized spacial score (nSPS) is 9.53. The summed E-state index contributed by atoms with van der Waals surface area (Å²) in [6.07, 6.45) is 0. The summed E-state index contributed by atoms with van der Waals surface area (Å²) in [7, 11) is -2.96. The van der Waals surface area contributed by atoms with Crippen LogP contribution >= 0.6 is 0 Å². The number of hydrogen-bond acceptors (Lipinski definition) is 8. The van der Waals surface area contributed by atoms with E-state index in [0.29, 0.717) is 10.5 Å². The van der Waals surface area contributed by atoms with Gasteiger partial charge in [-0.25, -0.2) is 0 Å². The molecule has 0 unspecified atom stereocenters. The van der Waals surface area contributed by atoms with Gasteiger partial charge in [0.25, 0.3) is 23.9 Å². The second kappa shape index (κ2) is 9.27. The predicted molar refractivity (Wildman–Crippen MR) is 68.6 cm³/mol. The topological polar surface area (TPSA) is 105 Å². The van der Waals surface area contributed by atoms with Crippen LogP contribution in [0.2, 0.25) is 6.55 Å². The molecule has 0 aliphatic heterocycles. The fourth-order valence-corrected chi connectivity index (χ4v) is 2.54. The summed E-state index contributed by atoms with van der Waals surface area (Å²) in [6.45, 7) is 6.10. The maximum atomic E-state index is 10.7. The van der Waals surface area contributed by atoms with Crippen LogP contribution in [0.5, 0.6) is 0 Å². The molecule has 110 valence electrons. The highest BCUT2D eigenvalue weighted by atomic mass is 28.4. The van der Waals surface area contributed by atoms with Crippen LogP contribution in [-0.2, 0) is 36.9 Å². The Balaban J connectivity index is 0. The van der Waals surface area contributed by atoms with E-state index in [9.17, 15) is 19.2 Å². The van der Waals surface area contributed by atoms with Gasteiger partial charge < -0.3 is 17.7 Å². The zero-order valence-electron chi connectivity index (χ0n) is 11.8. The SMILES string of the molecule is CC(=O)O[SiH3].CC(=O)O[Si](C)(OC(C)=O)OC(C)=O. The molecule has 19 heavy (non-hydrogen) atoms. The van der Waals surface area contributed by atoms with E-state index in [1.165, 1.54) is 13.5 Å². The van der Waals surface area contributed by atoms with E-state index in [2.05, 4.69) is 17.7 Å². The van der Waals surface area contributed by atoms with E-state index >= 15 is 0 Å². The third kappa shape index (κ3) is 14.3. The molecule has 0 aliphatic carbocycles. The lowest BCUT2D eigenvalue weighted by molar-refractivity contribution is -0.147. The van der Waals surface area contributed by atoms with Gasteiger partial charge in [0.1, 0.15) is 0 Å². The molecule has 8 nitrogen and oxygen atoms in total. The van der Waals surface area contributed by atoms with E-state index in [1.807, 2.05) is 0 Å². The molecule has 0 fully saturated rings. The van der Waals surface area contributed by atoms with Crippen molar-refractivity contribution < 1.29 is 36.9 Å². The Morgan fingerprint density at radius 1 is 0.737 bits per heavy atom. The number of carbonyl (C=O) groups excluding carboxylic acids is 4. The summed E-state index contributed by atoms with van der Waals surface area (Å²) >= 11 is 0. The molecule has 10 heteroatoms. The van der Waals surface area contributed by atoms with Crippen molar-refractivity contribution >= 4 is 43.2 Å². The average Bonchev–Trinajstić information content (AvgIpc) is 2.13. The van der Waals surface area contributed by atoms with Crippen molar-refractivity contribution in [3.05, 3.63) is 0 Å². The molecule has 0 rings (SSSR count). The van der Waals surface area contributed by atoms with Gasteiger partial charge in [-0.3, -0.25) is 19.2 Å². The Bertz CT molecular complexity index is 313. The van der Waals surface area contributed by atoms with E-state index in [4.69, 9.17) is 0 Å². The molecular formula is C9H18O8Si2. The molecule has 0 aromatic heterocycles. The van der Waals surface area contributed by atoms with Gasteiger partial charge >= 0.3 is 8.80 Å². The third-order valence-electron chi connectivity index (χ3n) is 1.27. The second-order valence-corrected chi connectivity index (χ2v) is 6.08. The van der Waals surface area contributed by atoms with Crippen molar-refractivity contribution in [2.24, 2.45) is 0 Å². The lowest BCUT2D eigenvalue weighted by Crippen LogP contribution is -2.46. The van der Waals surface area contributed by atoms with Crippen LogP contribution < -0.4 is 0 Å². The highest BCUT2D eigenvalue weighted by molar-refractivity contribution is 6.64. The summed E-state index contributed by atoms with van der Waals surface area (Å²) in [5.74, 6) is -2.18. The summed E-state index contributed by atoms with van der Waals surface area (Å²) in [6, 6.07) is 0. The third-order valence-corrected chi connectivity index (χ3v) is 3.82. The molecular weight excluding hydrogens is 292 g/mol. The first kappa shape index (κ1) is 19.6. The highest BCUT2D eigenvalue weighted by Gasteiger charge is 2.45. The summed E-state index contributed by atoms with van der Waals surface area (Å²) in [5, 5.41) is 0. The molecule has 0 aliphatic rings. The van der Waals surface area contributed by atoms with Crippen LogP contribution in [0.4, 0.5) is 0 Å². The quantitative estimate of drug-likeness (QED) is 0.616. The van der Waals surface area contributed by atoms with Crippen LogP contribution in [0.3, 0.4) is 0 Å². The largest absolute Gasteiger partial charge is 0.701 e. The van der Waals surface area contributed by atoms with Gasteiger partial charge in [0.15, 0.2) is 0 Å². The van der Waals surface area contributed by atoms with Crippen LogP contribution in [0.25, 0.3) is 0 Å². The van der Waals surface area contributed by atoms with E-state index in [0.717, 1.165) is 20.8 Å². The zero-order valence-corrected chi connectivity index (χ0v) is 14.8. The molecule has 0 aromatic rings. The van der Waals surface area contributed by atoms with E-state index < -0.39 is 26.7 Å². The van der Waals surface area contributed by atoms with Gasteiger partial charge in [-0.2, -0.15) is 0 Å². The Labute approximate surface area is 115 Å². The fraction of sp³-hybridized carbons (Fsp3) is 0.556. The van der Waals surface area contributed by atoms with Gasteiger partial charge in [0.2, 0.25) is 10.5 Å². The molecule has 0 heterocycles. The van der Waals surface area contributed by atoms with E-state index in [1.54, 1.807) is 0 Å². The molecule has 0 aromatic carbocycles. The highest BCUT2D eigenvalue weighted by Crippen LogP contribution is 2.10. The first-order chi connectivity index (χ1) is 8.52. The van der Waals surface area contributed by atoms with Crippen molar-refractivity contribution in [1.82, 2.24) is 0 Å².